The van der Waals surface area contributed by atoms with Gasteiger partial charge in [0.15, 0.2) is 11.6 Å². The lowest BCUT2D eigenvalue weighted by Gasteiger charge is -2.18. The van der Waals surface area contributed by atoms with Crippen molar-refractivity contribution in [1.29, 1.82) is 0 Å². The lowest BCUT2D eigenvalue weighted by atomic mass is 10.0. The third kappa shape index (κ3) is 4.44. The summed E-state index contributed by atoms with van der Waals surface area (Å²) in [7, 11) is 0. The first-order valence-electron chi connectivity index (χ1n) is 5.91. The molecule has 6 heteroatoms. The number of aliphatic hydroxyl groups is 1. The minimum atomic E-state index is -1.14. The molecule has 0 saturated carbocycles. The third-order valence-electron chi connectivity index (χ3n) is 2.57. The summed E-state index contributed by atoms with van der Waals surface area (Å²) >= 11 is 5.70. The number of carbonyl (C=O) groups excluding carboxylic acids is 1. The summed E-state index contributed by atoms with van der Waals surface area (Å²) in [6.45, 7) is 3.66. The van der Waals surface area contributed by atoms with Crippen molar-refractivity contribution >= 4 is 17.5 Å². The molecule has 2 N–H and O–H groups in total. The smallest absolute Gasteiger partial charge is 0.253 e. The number of halogens is 3. The zero-order valence-corrected chi connectivity index (χ0v) is 11.5. The number of nitrogens with one attached hydrogen (secondary N) is 1. The van der Waals surface area contributed by atoms with E-state index in [4.69, 9.17) is 16.7 Å². The Bertz CT molecular complexity index is 466. The molecule has 0 aliphatic heterocycles. The van der Waals surface area contributed by atoms with Gasteiger partial charge in [0.05, 0.1) is 23.2 Å². The molecule has 3 nitrogen and oxygen atoms in total. The zero-order valence-electron chi connectivity index (χ0n) is 10.7. The largest absolute Gasteiger partial charge is 0.394 e. The predicted molar refractivity (Wildman–Crippen MR) is 69.2 cm³/mol. The molecule has 1 amide bonds. The summed E-state index contributed by atoms with van der Waals surface area (Å²) in [4.78, 5) is 11.9. The molecule has 1 aromatic rings. The summed E-state index contributed by atoms with van der Waals surface area (Å²) in [6.07, 6.45) is 0.573. The molecule has 0 aliphatic carbocycles. The van der Waals surface area contributed by atoms with Crippen LogP contribution in [0.2, 0.25) is 5.02 Å². The fourth-order valence-corrected chi connectivity index (χ4v) is 1.94. The maximum absolute atomic E-state index is 13.1. The lowest BCUT2D eigenvalue weighted by molar-refractivity contribution is 0.0908. The lowest BCUT2D eigenvalue weighted by Crippen LogP contribution is -2.38. The van der Waals surface area contributed by atoms with Crippen LogP contribution in [0.4, 0.5) is 8.78 Å². The Morgan fingerprint density at radius 2 is 1.95 bits per heavy atom. The summed E-state index contributed by atoms with van der Waals surface area (Å²) in [5.74, 6) is -2.61. The van der Waals surface area contributed by atoms with E-state index >= 15 is 0 Å². The second-order valence-electron chi connectivity index (χ2n) is 4.73. The van der Waals surface area contributed by atoms with E-state index in [0.29, 0.717) is 6.42 Å². The molecule has 0 aromatic heterocycles. The Labute approximate surface area is 115 Å². The topological polar surface area (TPSA) is 49.3 Å². The van der Waals surface area contributed by atoms with Crippen LogP contribution in [0.3, 0.4) is 0 Å². The highest BCUT2D eigenvalue weighted by Gasteiger charge is 2.18. The maximum Gasteiger partial charge on any atom is 0.253 e. The third-order valence-corrected chi connectivity index (χ3v) is 2.88. The van der Waals surface area contributed by atoms with Crippen molar-refractivity contribution < 1.29 is 18.7 Å². The normalized spacial score (nSPS) is 12.6. The minimum Gasteiger partial charge on any atom is -0.394 e. The van der Waals surface area contributed by atoms with Crippen LogP contribution in [0.15, 0.2) is 12.1 Å². The number of rotatable bonds is 5. The van der Waals surface area contributed by atoms with Crippen molar-refractivity contribution in [2.24, 2.45) is 5.92 Å². The van der Waals surface area contributed by atoms with Gasteiger partial charge in [0.1, 0.15) is 0 Å². The van der Waals surface area contributed by atoms with Crippen molar-refractivity contribution in [3.63, 3.8) is 0 Å². The van der Waals surface area contributed by atoms with E-state index in [1.54, 1.807) is 0 Å². The zero-order chi connectivity index (χ0) is 14.6. The van der Waals surface area contributed by atoms with Gasteiger partial charge in [-0.05, 0) is 24.5 Å². The molecule has 0 spiro atoms. The molecule has 19 heavy (non-hydrogen) atoms. The summed E-state index contributed by atoms with van der Waals surface area (Å²) in [5, 5.41) is 11.5. The molecule has 0 aliphatic rings. The molecule has 1 atom stereocenters. The van der Waals surface area contributed by atoms with Crippen molar-refractivity contribution in [2.75, 3.05) is 6.61 Å². The van der Waals surface area contributed by atoms with Crippen LogP contribution in [0.5, 0.6) is 0 Å². The van der Waals surface area contributed by atoms with Gasteiger partial charge in [0, 0.05) is 0 Å². The van der Waals surface area contributed by atoms with Crippen LogP contribution in [0.1, 0.15) is 30.6 Å². The van der Waals surface area contributed by atoms with E-state index in [2.05, 4.69) is 5.32 Å². The predicted octanol–water partition coefficient (Wildman–Crippen LogP) is 2.76. The quantitative estimate of drug-likeness (QED) is 0.820. The van der Waals surface area contributed by atoms with E-state index in [-0.39, 0.29) is 23.1 Å². The van der Waals surface area contributed by atoms with E-state index < -0.39 is 23.6 Å². The molecule has 0 fully saturated rings. The van der Waals surface area contributed by atoms with Gasteiger partial charge in [-0.25, -0.2) is 8.78 Å². The number of aliphatic hydroxyl groups excluding tert-OH is 1. The van der Waals surface area contributed by atoms with Gasteiger partial charge in [-0.1, -0.05) is 25.4 Å². The molecule has 1 rings (SSSR count). The second kappa shape index (κ2) is 6.82. The maximum atomic E-state index is 13.1. The van der Waals surface area contributed by atoms with Crippen LogP contribution < -0.4 is 5.32 Å². The number of hydrogen-bond acceptors (Lipinski definition) is 2. The highest BCUT2D eigenvalue weighted by atomic mass is 35.5. The fourth-order valence-electron chi connectivity index (χ4n) is 1.71. The van der Waals surface area contributed by atoms with E-state index in [0.717, 1.165) is 12.1 Å². The number of amides is 1. The summed E-state index contributed by atoms with van der Waals surface area (Å²) < 4.78 is 26.0. The summed E-state index contributed by atoms with van der Waals surface area (Å²) in [5.41, 5.74) is -0.150. The molecular formula is C13H16ClF2NO2. The average Bonchev–Trinajstić information content (AvgIpc) is 2.32. The van der Waals surface area contributed by atoms with Gasteiger partial charge in [-0.2, -0.15) is 0 Å². The van der Waals surface area contributed by atoms with Gasteiger partial charge < -0.3 is 10.4 Å². The average molecular weight is 292 g/mol. The van der Waals surface area contributed by atoms with Gasteiger partial charge in [-0.3, -0.25) is 4.79 Å². The SMILES string of the molecule is CC(C)CC(CO)NC(=O)c1cc(F)c(F)cc1Cl. The fraction of sp³-hybridized carbons (Fsp3) is 0.462. The molecule has 0 heterocycles. The Kier molecular flexibility index (Phi) is 5.69. The van der Waals surface area contributed by atoms with Crippen LogP contribution in [-0.2, 0) is 0 Å². The minimum absolute atomic E-state index is 0.150. The standard InChI is InChI=1S/C13H16ClF2NO2/c1-7(2)3-8(6-18)17-13(19)9-4-11(15)12(16)5-10(9)14/h4-5,7-8,18H,3,6H2,1-2H3,(H,17,19). The van der Waals surface area contributed by atoms with E-state index in [9.17, 15) is 13.6 Å². The molecule has 0 bridgehead atoms. The molecule has 0 saturated heterocycles. The first-order chi connectivity index (χ1) is 8.85. The Morgan fingerprint density at radius 3 is 2.47 bits per heavy atom. The first-order valence-corrected chi connectivity index (χ1v) is 6.29. The molecule has 1 unspecified atom stereocenters. The number of benzene rings is 1. The second-order valence-corrected chi connectivity index (χ2v) is 5.14. The monoisotopic (exact) mass is 291 g/mol. The van der Waals surface area contributed by atoms with Gasteiger partial charge in [0.2, 0.25) is 0 Å². The van der Waals surface area contributed by atoms with Crippen molar-refractivity contribution in [1.82, 2.24) is 5.32 Å². The highest BCUT2D eigenvalue weighted by Crippen LogP contribution is 2.20. The van der Waals surface area contributed by atoms with Crippen molar-refractivity contribution in [3.8, 4) is 0 Å². The highest BCUT2D eigenvalue weighted by molar-refractivity contribution is 6.33. The number of carbonyl (C=O) groups is 1. The molecule has 0 radical (unpaired) electrons. The van der Waals surface area contributed by atoms with Gasteiger partial charge >= 0.3 is 0 Å². The molecule has 106 valence electrons. The van der Waals surface area contributed by atoms with Crippen molar-refractivity contribution in [3.05, 3.63) is 34.4 Å². The van der Waals surface area contributed by atoms with Crippen LogP contribution in [-0.4, -0.2) is 23.7 Å². The molecular weight excluding hydrogens is 276 g/mol. The molecule has 1 aromatic carbocycles. The Morgan fingerprint density at radius 1 is 1.37 bits per heavy atom. The van der Waals surface area contributed by atoms with Crippen LogP contribution in [0, 0.1) is 17.6 Å². The summed E-state index contributed by atoms with van der Waals surface area (Å²) in [6, 6.07) is 1.05. The van der Waals surface area contributed by atoms with Crippen LogP contribution >= 0.6 is 11.6 Å². The number of hydrogen-bond donors (Lipinski definition) is 2. The Balaban J connectivity index is 2.85. The van der Waals surface area contributed by atoms with Crippen LogP contribution in [0.25, 0.3) is 0 Å². The first kappa shape index (κ1) is 15.9. The Hall–Kier alpha value is -1.20. The van der Waals surface area contributed by atoms with Gasteiger partial charge in [-0.15, -0.1) is 0 Å². The van der Waals surface area contributed by atoms with Gasteiger partial charge in [0.25, 0.3) is 5.91 Å². The van der Waals surface area contributed by atoms with Crippen molar-refractivity contribution in [2.45, 2.75) is 26.3 Å². The van der Waals surface area contributed by atoms with E-state index in [1.165, 1.54) is 0 Å². The van der Waals surface area contributed by atoms with E-state index in [1.807, 2.05) is 13.8 Å².